The maximum atomic E-state index is 11.0. The van der Waals surface area contributed by atoms with Crippen LogP contribution in [0, 0.1) is 0 Å². The van der Waals surface area contributed by atoms with E-state index in [2.05, 4.69) is 20.9 Å². The fraction of sp³-hybridized carbons (Fsp3) is 0.273. The van der Waals surface area contributed by atoms with E-state index in [9.17, 15) is 4.79 Å². The molecule has 0 aliphatic rings. The Morgan fingerprint density at radius 3 is 3.07 bits per heavy atom. The molecule has 0 N–H and O–H groups in total. The molecule has 0 aliphatic heterocycles. The third-order valence-corrected chi connectivity index (χ3v) is 2.11. The minimum atomic E-state index is -0.302. The summed E-state index contributed by atoms with van der Waals surface area (Å²) in [7, 11) is 0. The number of hydrogen-bond donors (Lipinski definition) is 0. The zero-order valence-electron chi connectivity index (χ0n) is 8.44. The molecular formula is C11H12BrNO2. The molecule has 1 aromatic carbocycles. The molecule has 0 spiro atoms. The number of rotatable bonds is 4. The predicted molar refractivity (Wildman–Crippen MR) is 63.2 cm³/mol. The Kier molecular flexibility index (Phi) is 5.04. The number of hydrogen-bond acceptors (Lipinski definition) is 3. The monoisotopic (exact) mass is 269 g/mol. The molecule has 0 saturated carbocycles. The van der Waals surface area contributed by atoms with Crippen LogP contribution in [0.3, 0.4) is 0 Å². The Balaban J connectivity index is 2.48. The predicted octanol–water partition coefficient (Wildman–Crippen LogP) is 2.43. The van der Waals surface area contributed by atoms with Gasteiger partial charge >= 0.3 is 5.97 Å². The third kappa shape index (κ3) is 4.74. The lowest BCUT2D eigenvalue weighted by atomic mass is 10.2. The SMILES string of the molecule is CCOC(=O)CN=Cc1cccc(Br)c1. The van der Waals surface area contributed by atoms with Gasteiger partial charge in [-0.15, -0.1) is 0 Å². The van der Waals surface area contributed by atoms with Crippen molar-refractivity contribution in [3.8, 4) is 0 Å². The average Bonchev–Trinajstić information content (AvgIpc) is 2.18. The van der Waals surface area contributed by atoms with E-state index < -0.39 is 0 Å². The minimum Gasteiger partial charge on any atom is -0.465 e. The van der Waals surface area contributed by atoms with Gasteiger partial charge in [0.1, 0.15) is 6.54 Å². The largest absolute Gasteiger partial charge is 0.465 e. The number of ether oxygens (including phenoxy) is 1. The van der Waals surface area contributed by atoms with Crippen LogP contribution in [0.5, 0.6) is 0 Å². The Labute approximate surface area is 97.3 Å². The number of halogens is 1. The van der Waals surface area contributed by atoms with Gasteiger partial charge in [-0.3, -0.25) is 9.79 Å². The Morgan fingerprint density at radius 2 is 2.40 bits per heavy atom. The average molecular weight is 270 g/mol. The van der Waals surface area contributed by atoms with Gasteiger partial charge in [-0.1, -0.05) is 28.1 Å². The number of nitrogens with zero attached hydrogens (tertiary/aromatic N) is 1. The molecule has 15 heavy (non-hydrogen) atoms. The van der Waals surface area contributed by atoms with Crippen LogP contribution in [-0.2, 0) is 9.53 Å². The summed E-state index contributed by atoms with van der Waals surface area (Å²) in [5.74, 6) is -0.302. The number of carbonyl (C=O) groups is 1. The van der Waals surface area contributed by atoms with E-state index in [1.54, 1.807) is 13.1 Å². The molecule has 0 aliphatic carbocycles. The topological polar surface area (TPSA) is 38.7 Å². The van der Waals surface area contributed by atoms with Gasteiger partial charge < -0.3 is 4.74 Å². The lowest BCUT2D eigenvalue weighted by molar-refractivity contribution is -0.141. The Morgan fingerprint density at radius 1 is 1.60 bits per heavy atom. The summed E-state index contributed by atoms with van der Waals surface area (Å²) in [6, 6.07) is 7.69. The maximum absolute atomic E-state index is 11.0. The second-order valence-electron chi connectivity index (χ2n) is 2.83. The second kappa shape index (κ2) is 6.35. The molecule has 0 heterocycles. The fourth-order valence-corrected chi connectivity index (χ4v) is 1.44. The van der Waals surface area contributed by atoms with E-state index in [1.165, 1.54) is 0 Å². The lowest BCUT2D eigenvalue weighted by Gasteiger charge is -1.97. The van der Waals surface area contributed by atoms with Gasteiger partial charge in [0.25, 0.3) is 0 Å². The lowest BCUT2D eigenvalue weighted by Crippen LogP contribution is -2.07. The van der Waals surface area contributed by atoms with Crippen molar-refractivity contribution >= 4 is 28.1 Å². The van der Waals surface area contributed by atoms with Crippen molar-refractivity contribution in [1.82, 2.24) is 0 Å². The fourth-order valence-electron chi connectivity index (χ4n) is 1.02. The molecule has 0 unspecified atom stereocenters. The van der Waals surface area contributed by atoms with Gasteiger partial charge in [-0.25, -0.2) is 0 Å². The molecule has 1 aromatic rings. The standard InChI is InChI=1S/C11H12BrNO2/c1-2-15-11(14)8-13-7-9-4-3-5-10(12)6-9/h3-7H,2,8H2,1H3. The summed E-state index contributed by atoms with van der Waals surface area (Å²) in [6.07, 6.45) is 1.65. The van der Waals surface area contributed by atoms with E-state index in [-0.39, 0.29) is 12.5 Å². The molecule has 80 valence electrons. The van der Waals surface area contributed by atoms with Gasteiger partial charge in [0.2, 0.25) is 0 Å². The van der Waals surface area contributed by atoms with E-state index in [1.807, 2.05) is 24.3 Å². The highest BCUT2D eigenvalue weighted by molar-refractivity contribution is 9.10. The normalized spacial score (nSPS) is 10.5. The third-order valence-electron chi connectivity index (χ3n) is 1.61. The van der Waals surface area contributed by atoms with Crippen molar-refractivity contribution in [3.63, 3.8) is 0 Å². The summed E-state index contributed by atoms with van der Waals surface area (Å²) in [5.41, 5.74) is 0.952. The molecule has 0 bridgehead atoms. The summed E-state index contributed by atoms with van der Waals surface area (Å²) in [6.45, 7) is 2.24. The van der Waals surface area contributed by atoms with Crippen LogP contribution in [0.25, 0.3) is 0 Å². The summed E-state index contributed by atoms with van der Waals surface area (Å²) in [5, 5.41) is 0. The highest BCUT2D eigenvalue weighted by Crippen LogP contribution is 2.09. The van der Waals surface area contributed by atoms with Crippen molar-refractivity contribution in [2.45, 2.75) is 6.92 Å². The van der Waals surface area contributed by atoms with Crippen LogP contribution in [0.4, 0.5) is 0 Å². The van der Waals surface area contributed by atoms with Crippen molar-refractivity contribution in [2.24, 2.45) is 4.99 Å². The quantitative estimate of drug-likeness (QED) is 0.622. The Hall–Kier alpha value is -1.16. The van der Waals surface area contributed by atoms with Crippen molar-refractivity contribution in [2.75, 3.05) is 13.2 Å². The first-order valence-electron chi connectivity index (χ1n) is 4.63. The number of carbonyl (C=O) groups excluding carboxylic acids is 1. The molecule has 4 heteroatoms. The van der Waals surface area contributed by atoms with Crippen molar-refractivity contribution in [1.29, 1.82) is 0 Å². The van der Waals surface area contributed by atoms with E-state index >= 15 is 0 Å². The molecule has 0 fully saturated rings. The zero-order valence-corrected chi connectivity index (χ0v) is 10.0. The van der Waals surface area contributed by atoms with Gasteiger partial charge in [-0.05, 0) is 24.6 Å². The molecule has 0 aromatic heterocycles. The summed E-state index contributed by atoms with van der Waals surface area (Å²) >= 11 is 3.35. The number of benzene rings is 1. The number of esters is 1. The smallest absolute Gasteiger partial charge is 0.327 e. The zero-order chi connectivity index (χ0) is 11.1. The molecule has 0 radical (unpaired) electrons. The molecule has 3 nitrogen and oxygen atoms in total. The van der Waals surface area contributed by atoms with Crippen LogP contribution in [0.15, 0.2) is 33.7 Å². The van der Waals surface area contributed by atoms with Crippen LogP contribution < -0.4 is 0 Å². The van der Waals surface area contributed by atoms with Gasteiger partial charge in [0.15, 0.2) is 0 Å². The van der Waals surface area contributed by atoms with Gasteiger partial charge in [0.05, 0.1) is 6.61 Å². The van der Waals surface area contributed by atoms with Crippen LogP contribution in [-0.4, -0.2) is 25.3 Å². The minimum absolute atomic E-state index is 0.0698. The molecule has 0 amide bonds. The van der Waals surface area contributed by atoms with E-state index in [0.717, 1.165) is 10.0 Å². The maximum Gasteiger partial charge on any atom is 0.327 e. The van der Waals surface area contributed by atoms with Crippen molar-refractivity contribution in [3.05, 3.63) is 34.3 Å². The van der Waals surface area contributed by atoms with Crippen LogP contribution in [0.1, 0.15) is 12.5 Å². The van der Waals surface area contributed by atoms with Gasteiger partial charge in [-0.2, -0.15) is 0 Å². The van der Waals surface area contributed by atoms with Gasteiger partial charge in [0, 0.05) is 10.7 Å². The first-order valence-corrected chi connectivity index (χ1v) is 5.42. The summed E-state index contributed by atoms with van der Waals surface area (Å²) < 4.78 is 5.73. The van der Waals surface area contributed by atoms with Crippen LogP contribution in [0.2, 0.25) is 0 Å². The second-order valence-corrected chi connectivity index (χ2v) is 3.75. The van der Waals surface area contributed by atoms with E-state index in [0.29, 0.717) is 6.61 Å². The highest BCUT2D eigenvalue weighted by Gasteiger charge is 1.97. The first-order chi connectivity index (χ1) is 7.22. The highest BCUT2D eigenvalue weighted by atomic mass is 79.9. The number of aliphatic imine (C=N–C) groups is 1. The van der Waals surface area contributed by atoms with Crippen molar-refractivity contribution < 1.29 is 9.53 Å². The Bertz CT molecular complexity index is 363. The molecular weight excluding hydrogens is 258 g/mol. The van der Waals surface area contributed by atoms with Crippen LogP contribution >= 0.6 is 15.9 Å². The molecule has 1 rings (SSSR count). The summed E-state index contributed by atoms with van der Waals surface area (Å²) in [4.78, 5) is 14.9. The molecule has 0 atom stereocenters. The molecule has 0 saturated heterocycles. The first kappa shape index (κ1) is 11.9. The van der Waals surface area contributed by atoms with E-state index in [4.69, 9.17) is 4.74 Å².